The van der Waals surface area contributed by atoms with Gasteiger partial charge in [0, 0.05) is 5.56 Å². The van der Waals surface area contributed by atoms with Crippen molar-refractivity contribution >= 4 is 5.78 Å². The van der Waals surface area contributed by atoms with Crippen LogP contribution < -0.4 is 5.32 Å². The molecule has 2 N–H and O–H groups in total. The summed E-state index contributed by atoms with van der Waals surface area (Å²) in [4.78, 5) is 12.4. The van der Waals surface area contributed by atoms with E-state index in [1.807, 2.05) is 0 Å². The Hall–Kier alpha value is -1.35. The Morgan fingerprint density at radius 1 is 1.31 bits per heavy atom. The molecule has 1 aromatic rings. The fourth-order valence-electron chi connectivity index (χ4n) is 2.94. The largest absolute Gasteiger partial charge is 0.508 e. The van der Waals surface area contributed by atoms with Gasteiger partial charge >= 0.3 is 0 Å². The molecule has 16 heavy (non-hydrogen) atoms. The molecule has 3 nitrogen and oxygen atoms in total. The van der Waals surface area contributed by atoms with E-state index in [2.05, 4.69) is 5.32 Å². The van der Waals surface area contributed by atoms with Crippen molar-refractivity contribution in [1.29, 1.82) is 0 Å². The van der Waals surface area contributed by atoms with Crippen molar-refractivity contribution in [3.63, 3.8) is 0 Å². The van der Waals surface area contributed by atoms with Crippen LogP contribution >= 0.6 is 0 Å². The van der Waals surface area contributed by atoms with E-state index >= 15 is 0 Å². The first-order valence-corrected chi connectivity index (χ1v) is 5.83. The highest BCUT2D eigenvalue weighted by Gasteiger charge is 2.44. The molecule has 2 aliphatic rings. The second-order valence-electron chi connectivity index (χ2n) is 4.78. The van der Waals surface area contributed by atoms with Gasteiger partial charge in [0.2, 0.25) is 0 Å². The lowest BCUT2D eigenvalue weighted by Gasteiger charge is -2.33. The Bertz CT molecular complexity index is 447. The maximum atomic E-state index is 12.4. The minimum Gasteiger partial charge on any atom is -0.508 e. The molecule has 1 atom stereocenters. The first-order valence-electron chi connectivity index (χ1n) is 5.83. The Balaban J connectivity index is 2.05. The van der Waals surface area contributed by atoms with Crippen molar-refractivity contribution in [2.45, 2.75) is 31.2 Å². The molecule has 1 saturated heterocycles. The highest BCUT2D eigenvalue weighted by molar-refractivity contribution is 6.05. The molecule has 1 aromatic carbocycles. The number of carbonyl (C=O) groups excluding carboxylic acids is 1. The third-order valence-electron chi connectivity index (χ3n) is 3.83. The average Bonchev–Trinajstić information content (AvgIpc) is 2.74. The second kappa shape index (κ2) is 3.32. The molecule has 1 spiro atoms. The van der Waals surface area contributed by atoms with Crippen LogP contribution in [0, 0.1) is 0 Å². The summed E-state index contributed by atoms with van der Waals surface area (Å²) in [5.74, 6) is 0.466. The van der Waals surface area contributed by atoms with E-state index in [9.17, 15) is 9.90 Å². The molecule has 0 bridgehead atoms. The topological polar surface area (TPSA) is 49.3 Å². The molecule has 3 heteroatoms. The molecule has 1 unspecified atom stereocenters. The lowest BCUT2D eigenvalue weighted by atomic mass is 9.76. The second-order valence-corrected chi connectivity index (χ2v) is 4.78. The summed E-state index contributed by atoms with van der Waals surface area (Å²) >= 11 is 0. The number of ketones is 1. The van der Waals surface area contributed by atoms with Crippen LogP contribution in [0.4, 0.5) is 0 Å². The average molecular weight is 217 g/mol. The zero-order chi connectivity index (χ0) is 11.2. The summed E-state index contributed by atoms with van der Waals surface area (Å²) in [7, 11) is 0. The predicted octanol–water partition coefficient (Wildman–Crippen LogP) is 1.64. The summed E-state index contributed by atoms with van der Waals surface area (Å²) in [6.07, 6.45) is 3.77. The fourth-order valence-corrected chi connectivity index (χ4v) is 2.94. The highest BCUT2D eigenvalue weighted by Crippen LogP contribution is 2.35. The van der Waals surface area contributed by atoms with Crippen molar-refractivity contribution in [3.05, 3.63) is 29.3 Å². The number of Topliss-reactive ketones (excluding diaryl/α,β-unsaturated/α-hetero) is 1. The quantitative estimate of drug-likeness (QED) is 0.694. The fraction of sp³-hybridized carbons (Fsp3) is 0.462. The third kappa shape index (κ3) is 1.28. The maximum absolute atomic E-state index is 12.4. The number of hydrogen-bond donors (Lipinski definition) is 2. The molecule has 1 aliphatic carbocycles. The van der Waals surface area contributed by atoms with Gasteiger partial charge in [-0.05, 0) is 56.0 Å². The van der Waals surface area contributed by atoms with Crippen LogP contribution in [0.2, 0.25) is 0 Å². The SMILES string of the molecule is O=C1c2ccc(O)cc2CCC12CCCN2. The first kappa shape index (κ1) is 9.85. The number of rotatable bonds is 0. The van der Waals surface area contributed by atoms with Crippen LogP contribution in [-0.2, 0) is 6.42 Å². The van der Waals surface area contributed by atoms with Crippen molar-refractivity contribution in [1.82, 2.24) is 5.32 Å². The summed E-state index contributed by atoms with van der Waals surface area (Å²) in [5, 5.41) is 12.8. The molecule has 1 heterocycles. The summed E-state index contributed by atoms with van der Waals surface area (Å²) in [6.45, 7) is 0.944. The van der Waals surface area contributed by atoms with Gasteiger partial charge in [-0.2, -0.15) is 0 Å². The summed E-state index contributed by atoms with van der Waals surface area (Å²) < 4.78 is 0. The van der Waals surface area contributed by atoms with Crippen LogP contribution in [0.1, 0.15) is 35.2 Å². The van der Waals surface area contributed by atoms with Crippen molar-refractivity contribution in [2.24, 2.45) is 0 Å². The monoisotopic (exact) mass is 217 g/mol. The molecule has 84 valence electrons. The van der Waals surface area contributed by atoms with Crippen LogP contribution in [0.5, 0.6) is 5.75 Å². The molecule has 1 fully saturated rings. The van der Waals surface area contributed by atoms with Crippen LogP contribution in [0.3, 0.4) is 0 Å². The molecular formula is C13H15NO2. The summed E-state index contributed by atoms with van der Waals surface area (Å²) in [5.41, 5.74) is 1.48. The van der Waals surface area contributed by atoms with Crippen LogP contribution in [-0.4, -0.2) is 23.0 Å². The van der Waals surface area contributed by atoms with Gasteiger partial charge < -0.3 is 10.4 Å². The van der Waals surface area contributed by atoms with Gasteiger partial charge in [-0.25, -0.2) is 0 Å². The van der Waals surface area contributed by atoms with Crippen LogP contribution in [0.25, 0.3) is 0 Å². The van der Waals surface area contributed by atoms with E-state index in [1.54, 1.807) is 18.2 Å². The van der Waals surface area contributed by atoms with E-state index in [0.29, 0.717) is 0 Å². The minimum absolute atomic E-state index is 0.214. The predicted molar refractivity (Wildman–Crippen MR) is 60.7 cm³/mol. The first-order chi connectivity index (χ1) is 7.71. The van der Waals surface area contributed by atoms with Gasteiger partial charge in [0.05, 0.1) is 5.54 Å². The Morgan fingerprint density at radius 2 is 2.19 bits per heavy atom. The van der Waals surface area contributed by atoms with Gasteiger partial charge in [-0.3, -0.25) is 4.79 Å². The molecule has 0 saturated carbocycles. The lowest BCUT2D eigenvalue weighted by molar-refractivity contribution is 0.0845. The summed E-state index contributed by atoms with van der Waals surface area (Å²) in [6, 6.07) is 5.08. The minimum atomic E-state index is -0.302. The van der Waals surface area contributed by atoms with E-state index in [4.69, 9.17) is 0 Å². The van der Waals surface area contributed by atoms with Crippen molar-refractivity contribution in [3.8, 4) is 5.75 Å². The number of aryl methyl sites for hydroxylation is 1. The number of fused-ring (bicyclic) bond motifs is 1. The number of phenols is 1. The van der Waals surface area contributed by atoms with Gasteiger partial charge in [0.1, 0.15) is 5.75 Å². The molecule has 0 aromatic heterocycles. The normalized spacial score (nSPS) is 28.4. The van der Waals surface area contributed by atoms with Gasteiger partial charge in [-0.1, -0.05) is 0 Å². The number of aromatic hydroxyl groups is 1. The van der Waals surface area contributed by atoms with Gasteiger partial charge in [-0.15, -0.1) is 0 Å². The number of hydrogen-bond acceptors (Lipinski definition) is 3. The van der Waals surface area contributed by atoms with Crippen molar-refractivity contribution in [2.75, 3.05) is 6.54 Å². The van der Waals surface area contributed by atoms with E-state index in [1.165, 1.54) is 0 Å². The Kier molecular flexibility index (Phi) is 2.04. The van der Waals surface area contributed by atoms with Crippen LogP contribution in [0.15, 0.2) is 18.2 Å². The molecule has 0 radical (unpaired) electrons. The maximum Gasteiger partial charge on any atom is 0.183 e. The third-order valence-corrected chi connectivity index (χ3v) is 3.83. The van der Waals surface area contributed by atoms with E-state index in [-0.39, 0.29) is 17.1 Å². The smallest absolute Gasteiger partial charge is 0.183 e. The molecule has 3 rings (SSSR count). The molecule has 1 aliphatic heterocycles. The van der Waals surface area contributed by atoms with Gasteiger partial charge in [0.15, 0.2) is 5.78 Å². The van der Waals surface area contributed by atoms with E-state index in [0.717, 1.165) is 43.4 Å². The zero-order valence-corrected chi connectivity index (χ0v) is 9.12. The molecule has 0 amide bonds. The Labute approximate surface area is 94.5 Å². The molecular weight excluding hydrogens is 202 g/mol. The zero-order valence-electron chi connectivity index (χ0n) is 9.12. The van der Waals surface area contributed by atoms with Gasteiger partial charge in [0.25, 0.3) is 0 Å². The number of nitrogens with one attached hydrogen (secondary N) is 1. The highest BCUT2D eigenvalue weighted by atomic mass is 16.3. The Morgan fingerprint density at radius 3 is 2.94 bits per heavy atom. The lowest BCUT2D eigenvalue weighted by Crippen LogP contribution is -2.50. The van der Waals surface area contributed by atoms with Crippen molar-refractivity contribution < 1.29 is 9.90 Å². The standard InChI is InChI=1S/C13H15NO2/c15-10-2-3-11-9(8-10)4-6-13(12(11)16)5-1-7-14-13/h2-3,8,14-15H,1,4-7H2. The van der Waals surface area contributed by atoms with E-state index < -0.39 is 0 Å². The number of carbonyl (C=O) groups is 1. The number of phenolic OH excluding ortho intramolecular Hbond substituents is 1. The number of benzene rings is 1.